The molecule has 8 heteroatoms. The van der Waals surface area contributed by atoms with Crippen LogP contribution in [0.5, 0.6) is 0 Å². The van der Waals surface area contributed by atoms with Gasteiger partial charge in [-0.05, 0) is 67.3 Å². The minimum atomic E-state index is -1.21. The first-order chi connectivity index (χ1) is 21.2. The number of esters is 1. The number of allylic oxidation sites excluding steroid dienone is 1. The van der Waals surface area contributed by atoms with Crippen LogP contribution in [0.3, 0.4) is 0 Å². The Kier molecular flexibility index (Phi) is 9.33. The van der Waals surface area contributed by atoms with Gasteiger partial charge in [0.1, 0.15) is 17.6 Å². The van der Waals surface area contributed by atoms with Crippen molar-refractivity contribution in [3.05, 3.63) is 67.8 Å². The van der Waals surface area contributed by atoms with Crippen LogP contribution in [0.4, 0.5) is 5.69 Å². The minimum Gasteiger partial charge on any atom is -0.465 e. The van der Waals surface area contributed by atoms with Crippen LogP contribution in [0.1, 0.15) is 59.3 Å². The number of anilines is 1. The SMILES string of the molecule is C=CCCCOC(=O)[C@H]1[C@H]2C(=O)N([C@@H](CO)CC(C)C)C(C(=O)N(CC=C)c3ccc4ccccc4c3)C23CC[C@]1(CC)O3. The Bertz CT molecular complexity index is 1420. The minimum absolute atomic E-state index is 0.156. The van der Waals surface area contributed by atoms with Gasteiger partial charge in [-0.2, -0.15) is 0 Å². The Morgan fingerprint density at radius 3 is 2.57 bits per heavy atom. The van der Waals surface area contributed by atoms with Crippen molar-refractivity contribution >= 4 is 34.2 Å². The van der Waals surface area contributed by atoms with Gasteiger partial charge in [-0.25, -0.2) is 0 Å². The van der Waals surface area contributed by atoms with Crippen LogP contribution >= 0.6 is 0 Å². The Morgan fingerprint density at radius 2 is 1.91 bits per heavy atom. The van der Waals surface area contributed by atoms with Crippen molar-refractivity contribution < 1.29 is 29.0 Å². The van der Waals surface area contributed by atoms with Crippen molar-refractivity contribution in [2.45, 2.75) is 82.6 Å². The van der Waals surface area contributed by atoms with E-state index >= 15 is 0 Å². The number of carbonyl (C=O) groups is 3. The molecule has 3 aliphatic heterocycles. The maximum atomic E-state index is 15.0. The quantitative estimate of drug-likeness (QED) is 0.176. The van der Waals surface area contributed by atoms with E-state index in [0.29, 0.717) is 44.2 Å². The molecule has 1 spiro atoms. The number of hydrogen-bond donors (Lipinski definition) is 1. The van der Waals surface area contributed by atoms with Crippen LogP contribution < -0.4 is 4.90 Å². The first-order valence-electron chi connectivity index (χ1n) is 16.0. The number of rotatable bonds is 14. The number of aliphatic hydroxyl groups is 1. The molecule has 3 aliphatic rings. The van der Waals surface area contributed by atoms with Crippen LogP contribution in [0.15, 0.2) is 67.8 Å². The van der Waals surface area contributed by atoms with E-state index in [2.05, 4.69) is 13.2 Å². The monoisotopic (exact) mass is 602 g/mol. The fourth-order valence-electron chi connectivity index (χ4n) is 7.94. The largest absolute Gasteiger partial charge is 0.465 e. The number of amides is 2. The summed E-state index contributed by atoms with van der Waals surface area (Å²) in [5, 5.41) is 12.7. The Labute approximate surface area is 260 Å². The van der Waals surface area contributed by atoms with Crippen molar-refractivity contribution in [2.24, 2.45) is 17.8 Å². The number of nitrogens with zero attached hydrogens (tertiary/aromatic N) is 2. The Hall–Kier alpha value is -3.49. The molecule has 0 aliphatic carbocycles. The second-order valence-electron chi connectivity index (χ2n) is 12.9. The molecule has 5 rings (SSSR count). The van der Waals surface area contributed by atoms with E-state index in [9.17, 15) is 19.5 Å². The van der Waals surface area contributed by atoms with Gasteiger partial charge >= 0.3 is 5.97 Å². The van der Waals surface area contributed by atoms with Crippen molar-refractivity contribution in [3.63, 3.8) is 0 Å². The summed E-state index contributed by atoms with van der Waals surface area (Å²) in [6.07, 6.45) is 6.83. The molecule has 2 amide bonds. The normalized spacial score (nSPS) is 27.9. The number of unbranched alkanes of at least 4 members (excludes halogenated alkanes) is 1. The first-order valence-corrected chi connectivity index (χ1v) is 16.0. The molecule has 6 atom stereocenters. The van der Waals surface area contributed by atoms with Crippen molar-refractivity contribution in [3.8, 4) is 0 Å². The highest BCUT2D eigenvalue weighted by molar-refractivity contribution is 6.05. The summed E-state index contributed by atoms with van der Waals surface area (Å²) in [6.45, 7) is 13.8. The third-order valence-electron chi connectivity index (χ3n) is 9.87. The number of ether oxygens (including phenoxy) is 2. The molecule has 0 radical (unpaired) electrons. The summed E-state index contributed by atoms with van der Waals surface area (Å²) in [4.78, 5) is 46.6. The highest BCUT2D eigenvalue weighted by Gasteiger charge is 2.79. The number of carbonyl (C=O) groups excluding carboxylic acids is 3. The Balaban J connectivity index is 1.60. The summed E-state index contributed by atoms with van der Waals surface area (Å²) < 4.78 is 12.7. The highest BCUT2D eigenvalue weighted by atomic mass is 16.6. The van der Waals surface area contributed by atoms with Gasteiger partial charge in [0, 0.05) is 12.2 Å². The molecule has 0 saturated carbocycles. The zero-order valence-corrected chi connectivity index (χ0v) is 26.2. The van der Waals surface area contributed by atoms with Crippen LogP contribution in [0.2, 0.25) is 0 Å². The lowest BCUT2D eigenvalue weighted by atomic mass is 9.65. The number of fused-ring (bicyclic) bond motifs is 2. The molecule has 0 aromatic heterocycles. The molecule has 2 aromatic carbocycles. The van der Waals surface area contributed by atoms with Gasteiger partial charge in [0.05, 0.1) is 30.8 Å². The van der Waals surface area contributed by atoms with Crippen molar-refractivity contribution in [2.75, 3.05) is 24.7 Å². The lowest BCUT2D eigenvalue weighted by Crippen LogP contribution is -2.59. The lowest BCUT2D eigenvalue weighted by Gasteiger charge is -2.40. The zero-order chi connectivity index (χ0) is 31.6. The fourth-order valence-corrected chi connectivity index (χ4v) is 7.94. The summed E-state index contributed by atoms with van der Waals surface area (Å²) in [5.74, 6) is -2.62. The van der Waals surface area contributed by atoms with Crippen molar-refractivity contribution in [1.82, 2.24) is 4.90 Å². The average Bonchev–Trinajstić information content (AvgIpc) is 3.63. The molecule has 2 bridgehead atoms. The smallest absolute Gasteiger partial charge is 0.312 e. The van der Waals surface area contributed by atoms with E-state index in [1.807, 2.05) is 63.2 Å². The summed E-state index contributed by atoms with van der Waals surface area (Å²) in [5.41, 5.74) is -1.42. The molecule has 236 valence electrons. The predicted molar refractivity (Wildman–Crippen MR) is 171 cm³/mol. The van der Waals surface area contributed by atoms with E-state index in [1.54, 1.807) is 22.0 Å². The summed E-state index contributed by atoms with van der Waals surface area (Å²) in [6, 6.07) is 12.2. The number of aliphatic hydroxyl groups excluding tert-OH is 1. The van der Waals surface area contributed by atoms with Gasteiger partial charge < -0.3 is 24.4 Å². The molecule has 1 N–H and O–H groups in total. The van der Waals surface area contributed by atoms with Crippen LogP contribution in [0.25, 0.3) is 10.8 Å². The van der Waals surface area contributed by atoms with E-state index in [4.69, 9.17) is 9.47 Å². The Morgan fingerprint density at radius 1 is 1.16 bits per heavy atom. The number of benzene rings is 2. The van der Waals surface area contributed by atoms with Gasteiger partial charge in [-0.15, -0.1) is 13.2 Å². The highest BCUT2D eigenvalue weighted by Crippen LogP contribution is 2.65. The maximum absolute atomic E-state index is 15.0. The third-order valence-corrected chi connectivity index (χ3v) is 9.87. The van der Waals surface area contributed by atoms with E-state index < -0.39 is 41.1 Å². The van der Waals surface area contributed by atoms with Gasteiger partial charge in [-0.1, -0.05) is 63.3 Å². The number of hydrogen-bond acceptors (Lipinski definition) is 6. The summed E-state index contributed by atoms with van der Waals surface area (Å²) in [7, 11) is 0. The van der Waals surface area contributed by atoms with Crippen molar-refractivity contribution in [1.29, 1.82) is 0 Å². The molecule has 2 aromatic rings. The first kappa shape index (κ1) is 31.9. The lowest BCUT2D eigenvalue weighted by molar-refractivity contribution is -0.162. The van der Waals surface area contributed by atoms with E-state index in [0.717, 1.165) is 10.8 Å². The van der Waals surface area contributed by atoms with Crippen LogP contribution in [-0.4, -0.2) is 70.8 Å². The fraction of sp³-hybridized carbons (Fsp3) is 0.528. The van der Waals surface area contributed by atoms with Crippen LogP contribution in [0, 0.1) is 17.8 Å². The predicted octanol–water partition coefficient (Wildman–Crippen LogP) is 5.43. The summed E-state index contributed by atoms with van der Waals surface area (Å²) >= 11 is 0. The van der Waals surface area contributed by atoms with Gasteiger partial charge in [0.2, 0.25) is 5.91 Å². The topological polar surface area (TPSA) is 96.4 Å². The maximum Gasteiger partial charge on any atom is 0.312 e. The third kappa shape index (κ3) is 5.26. The van der Waals surface area contributed by atoms with Gasteiger partial charge in [-0.3, -0.25) is 14.4 Å². The molecular formula is C36H46N2O6. The second-order valence-corrected chi connectivity index (χ2v) is 12.9. The molecule has 2 unspecified atom stereocenters. The van der Waals surface area contributed by atoms with Gasteiger partial charge in [0.25, 0.3) is 5.91 Å². The second kappa shape index (κ2) is 12.9. The van der Waals surface area contributed by atoms with Crippen LogP contribution in [-0.2, 0) is 23.9 Å². The molecule has 3 fully saturated rings. The molecule has 44 heavy (non-hydrogen) atoms. The molecular weight excluding hydrogens is 556 g/mol. The molecule has 8 nitrogen and oxygen atoms in total. The molecule has 3 heterocycles. The molecule has 3 saturated heterocycles. The average molecular weight is 603 g/mol. The van der Waals surface area contributed by atoms with E-state index in [-0.39, 0.29) is 37.5 Å². The van der Waals surface area contributed by atoms with E-state index in [1.165, 1.54) is 0 Å². The zero-order valence-electron chi connectivity index (χ0n) is 26.2. The number of likely N-dealkylation sites (tertiary alicyclic amines) is 1. The van der Waals surface area contributed by atoms with Gasteiger partial charge in [0.15, 0.2) is 0 Å². The standard InChI is InChI=1S/C36H46N2O6/c1-6-9-12-20-43-34(42)30-29-32(40)38(28(23-39)21-24(4)5)31(36(29)18-17-35(30,8-3)44-36)33(41)37(19-7-2)27-16-15-25-13-10-11-14-26(25)22-27/h6-7,10-11,13-16,22,24,28-31,39H,1-2,8-9,12,17-21,23H2,3-5H3/t28-,29+,30-,31?,35+,36?/m1/s1.